The van der Waals surface area contributed by atoms with Gasteiger partial charge in [-0.15, -0.1) is 0 Å². The summed E-state index contributed by atoms with van der Waals surface area (Å²) in [4.78, 5) is 12.9. The summed E-state index contributed by atoms with van der Waals surface area (Å²) in [5, 5.41) is 2.14. The van der Waals surface area contributed by atoms with E-state index >= 15 is 0 Å². The van der Waals surface area contributed by atoms with Crippen LogP contribution in [0.15, 0.2) is 65.1 Å². The van der Waals surface area contributed by atoms with Crippen LogP contribution in [0.1, 0.15) is 16.7 Å². The van der Waals surface area contributed by atoms with Crippen LogP contribution in [0.5, 0.6) is 5.75 Å². The van der Waals surface area contributed by atoms with Crippen LogP contribution in [0.2, 0.25) is 0 Å². The highest BCUT2D eigenvalue weighted by Gasteiger charge is 2.53. The van der Waals surface area contributed by atoms with E-state index in [0.29, 0.717) is 5.75 Å². The molecule has 1 aliphatic heterocycles. The van der Waals surface area contributed by atoms with Gasteiger partial charge in [-0.25, -0.2) is 4.79 Å². The first kappa shape index (κ1) is 13.1. The summed E-state index contributed by atoms with van der Waals surface area (Å²) >= 11 is 3.57. The van der Waals surface area contributed by atoms with Crippen molar-refractivity contribution < 1.29 is 9.53 Å². The van der Waals surface area contributed by atoms with Crippen molar-refractivity contribution in [3.05, 3.63) is 81.8 Å². The van der Waals surface area contributed by atoms with E-state index in [1.54, 1.807) is 0 Å². The molecule has 0 bridgehead atoms. The lowest BCUT2D eigenvalue weighted by Gasteiger charge is -2.21. The van der Waals surface area contributed by atoms with Crippen LogP contribution in [-0.4, -0.2) is 5.97 Å². The van der Waals surface area contributed by atoms with Gasteiger partial charge in [-0.05, 0) is 43.9 Å². The molecular formula is C20H11BrO2. The molecule has 3 heteroatoms. The zero-order valence-electron chi connectivity index (χ0n) is 12.0. The van der Waals surface area contributed by atoms with Crippen molar-refractivity contribution in [3.8, 4) is 5.75 Å². The van der Waals surface area contributed by atoms with Gasteiger partial charge >= 0.3 is 5.97 Å². The monoisotopic (exact) mass is 362 g/mol. The smallest absolute Gasteiger partial charge is 0.330 e. The molecule has 3 aromatic rings. The van der Waals surface area contributed by atoms with Gasteiger partial charge in [0.2, 0.25) is 0 Å². The Morgan fingerprint density at radius 2 is 1.78 bits per heavy atom. The SMILES string of the molecule is O=C1Oc2c(Br)cc3ccccc3c2C12C=Cc1ccccc12. The number of esters is 1. The Morgan fingerprint density at radius 1 is 1.00 bits per heavy atom. The van der Waals surface area contributed by atoms with Crippen molar-refractivity contribution in [3.63, 3.8) is 0 Å². The number of hydrogen-bond donors (Lipinski definition) is 0. The first-order chi connectivity index (χ1) is 11.2. The molecule has 0 fully saturated rings. The summed E-state index contributed by atoms with van der Waals surface area (Å²) in [5.41, 5.74) is 2.16. The average Bonchev–Trinajstić information content (AvgIpc) is 3.10. The van der Waals surface area contributed by atoms with E-state index in [1.165, 1.54) is 0 Å². The van der Waals surface area contributed by atoms with Gasteiger partial charge in [0.25, 0.3) is 0 Å². The molecule has 1 heterocycles. The molecule has 5 rings (SSSR count). The number of carbonyl (C=O) groups is 1. The molecule has 1 aliphatic carbocycles. The van der Waals surface area contributed by atoms with E-state index < -0.39 is 5.41 Å². The van der Waals surface area contributed by atoms with Crippen molar-refractivity contribution in [1.29, 1.82) is 0 Å². The second kappa shape index (κ2) is 4.33. The minimum absolute atomic E-state index is 0.231. The Kier molecular flexibility index (Phi) is 2.46. The molecule has 1 atom stereocenters. The molecule has 1 unspecified atom stereocenters. The normalized spacial score (nSPS) is 20.8. The van der Waals surface area contributed by atoms with Crippen LogP contribution < -0.4 is 4.74 Å². The second-order valence-corrected chi connectivity index (χ2v) is 6.76. The molecule has 0 aromatic heterocycles. The first-order valence-corrected chi connectivity index (χ1v) is 8.24. The van der Waals surface area contributed by atoms with Crippen molar-refractivity contribution in [2.45, 2.75) is 5.41 Å². The van der Waals surface area contributed by atoms with Crippen molar-refractivity contribution >= 4 is 38.7 Å². The van der Waals surface area contributed by atoms with E-state index in [9.17, 15) is 4.79 Å². The predicted octanol–water partition coefficient (Wildman–Crippen LogP) is 4.83. The van der Waals surface area contributed by atoms with Gasteiger partial charge in [0.15, 0.2) is 5.75 Å². The fourth-order valence-corrected chi connectivity index (χ4v) is 4.29. The van der Waals surface area contributed by atoms with Crippen LogP contribution in [0, 0.1) is 0 Å². The number of carbonyl (C=O) groups excluding carboxylic acids is 1. The number of ether oxygens (including phenoxy) is 1. The lowest BCUT2D eigenvalue weighted by molar-refractivity contribution is -0.135. The third-order valence-corrected chi connectivity index (χ3v) is 5.35. The molecule has 0 saturated carbocycles. The Morgan fingerprint density at radius 3 is 2.70 bits per heavy atom. The Balaban J connectivity index is 1.97. The summed E-state index contributed by atoms with van der Waals surface area (Å²) in [7, 11) is 0. The van der Waals surface area contributed by atoms with Gasteiger partial charge in [0.1, 0.15) is 5.41 Å². The Labute approximate surface area is 141 Å². The highest BCUT2D eigenvalue weighted by Crippen LogP contribution is 2.54. The van der Waals surface area contributed by atoms with Gasteiger partial charge in [0.05, 0.1) is 4.47 Å². The van der Waals surface area contributed by atoms with E-state index in [4.69, 9.17) is 4.74 Å². The largest absolute Gasteiger partial charge is 0.424 e. The van der Waals surface area contributed by atoms with Gasteiger partial charge < -0.3 is 4.74 Å². The first-order valence-electron chi connectivity index (χ1n) is 7.44. The Bertz CT molecular complexity index is 1030. The second-order valence-electron chi connectivity index (χ2n) is 5.90. The van der Waals surface area contributed by atoms with Crippen LogP contribution in [-0.2, 0) is 10.2 Å². The van der Waals surface area contributed by atoms with E-state index in [0.717, 1.165) is 31.9 Å². The zero-order chi connectivity index (χ0) is 15.6. The van der Waals surface area contributed by atoms with Gasteiger partial charge in [-0.3, -0.25) is 0 Å². The number of fused-ring (bicyclic) bond motifs is 6. The molecule has 3 aromatic carbocycles. The highest BCUT2D eigenvalue weighted by molar-refractivity contribution is 9.10. The lowest BCUT2D eigenvalue weighted by Crippen LogP contribution is -2.31. The maximum atomic E-state index is 12.9. The van der Waals surface area contributed by atoms with Gasteiger partial charge in [-0.2, -0.15) is 0 Å². The number of rotatable bonds is 0. The van der Waals surface area contributed by atoms with Crippen LogP contribution in [0.25, 0.3) is 16.8 Å². The number of benzene rings is 3. The fourth-order valence-electron chi connectivity index (χ4n) is 3.76. The Hall–Kier alpha value is -2.39. The number of hydrogen-bond acceptors (Lipinski definition) is 2. The van der Waals surface area contributed by atoms with E-state index in [1.807, 2.05) is 54.6 Å². The minimum Gasteiger partial charge on any atom is -0.424 e. The topological polar surface area (TPSA) is 26.3 Å². The summed E-state index contributed by atoms with van der Waals surface area (Å²) in [5.74, 6) is 0.404. The summed E-state index contributed by atoms with van der Waals surface area (Å²) in [6, 6.07) is 18.1. The summed E-state index contributed by atoms with van der Waals surface area (Å²) in [6.45, 7) is 0. The van der Waals surface area contributed by atoms with Crippen molar-refractivity contribution in [2.24, 2.45) is 0 Å². The van der Waals surface area contributed by atoms with Crippen LogP contribution in [0.4, 0.5) is 0 Å². The maximum absolute atomic E-state index is 12.9. The third-order valence-electron chi connectivity index (χ3n) is 4.77. The fraction of sp³-hybridized carbons (Fsp3) is 0.0500. The highest BCUT2D eigenvalue weighted by atomic mass is 79.9. The number of halogens is 1. The lowest BCUT2D eigenvalue weighted by atomic mass is 9.75. The van der Waals surface area contributed by atoms with E-state index in [-0.39, 0.29) is 5.97 Å². The van der Waals surface area contributed by atoms with Gasteiger partial charge in [0, 0.05) is 5.56 Å². The molecule has 1 spiro atoms. The van der Waals surface area contributed by atoms with Crippen molar-refractivity contribution in [1.82, 2.24) is 0 Å². The standard InChI is InChI=1S/C20H11BrO2/c21-16-11-13-6-1-3-7-14(13)17-18(16)23-19(22)20(17)10-9-12-5-2-4-8-15(12)20/h1-11H. The predicted molar refractivity (Wildman–Crippen MR) is 93.5 cm³/mol. The molecule has 0 amide bonds. The van der Waals surface area contributed by atoms with Crippen LogP contribution in [0.3, 0.4) is 0 Å². The summed E-state index contributed by atoms with van der Waals surface area (Å²) in [6.07, 6.45) is 3.99. The van der Waals surface area contributed by atoms with Crippen LogP contribution >= 0.6 is 15.9 Å². The molecule has 0 saturated heterocycles. The molecule has 110 valence electrons. The average molecular weight is 363 g/mol. The maximum Gasteiger partial charge on any atom is 0.330 e. The molecule has 0 radical (unpaired) electrons. The third kappa shape index (κ3) is 1.50. The molecule has 23 heavy (non-hydrogen) atoms. The van der Waals surface area contributed by atoms with E-state index in [2.05, 4.69) is 28.1 Å². The zero-order valence-corrected chi connectivity index (χ0v) is 13.6. The summed E-state index contributed by atoms with van der Waals surface area (Å²) < 4.78 is 6.52. The molecule has 2 nitrogen and oxygen atoms in total. The molecule has 2 aliphatic rings. The molecular weight excluding hydrogens is 352 g/mol. The van der Waals surface area contributed by atoms with Gasteiger partial charge in [-0.1, -0.05) is 60.7 Å². The minimum atomic E-state index is -0.838. The molecule has 0 N–H and O–H groups in total. The quantitative estimate of drug-likeness (QED) is 0.422. The van der Waals surface area contributed by atoms with Crippen molar-refractivity contribution in [2.75, 3.05) is 0 Å².